The molecule has 0 fully saturated rings. The zero-order valence-electron chi connectivity index (χ0n) is 12.3. The second kappa shape index (κ2) is 7.00. The summed E-state index contributed by atoms with van der Waals surface area (Å²) in [6.45, 7) is 0. The largest absolute Gasteiger partial charge is 0.550 e. The van der Waals surface area contributed by atoms with Gasteiger partial charge in [0.05, 0.1) is 11.7 Å². The van der Waals surface area contributed by atoms with Gasteiger partial charge in [-0.25, -0.2) is 4.39 Å². The second-order valence-corrected chi connectivity index (χ2v) is 5.29. The van der Waals surface area contributed by atoms with Gasteiger partial charge in [0.15, 0.2) is 0 Å². The fourth-order valence-corrected chi connectivity index (χ4v) is 2.34. The van der Waals surface area contributed by atoms with Gasteiger partial charge in [0.1, 0.15) is 5.82 Å². The quantitative estimate of drug-likeness (QED) is 0.850. The molecule has 2 atom stereocenters. The van der Waals surface area contributed by atoms with Crippen molar-refractivity contribution in [3.05, 3.63) is 71.0 Å². The normalized spacial score (nSPS) is 14.2. The van der Waals surface area contributed by atoms with E-state index in [1.165, 1.54) is 18.2 Å². The SMILES string of the molecule is O=C([O-])C(Cc1ccc(C(F)(F)F)cc1)C(O)c1ccccc1F. The molecular formula is C17H13F4O3-. The van der Waals surface area contributed by atoms with E-state index in [1.54, 1.807) is 0 Å². The minimum absolute atomic E-state index is 0.210. The van der Waals surface area contributed by atoms with Crippen LogP contribution in [0.2, 0.25) is 0 Å². The Morgan fingerprint density at radius 3 is 2.17 bits per heavy atom. The van der Waals surface area contributed by atoms with Crippen LogP contribution in [-0.4, -0.2) is 11.1 Å². The topological polar surface area (TPSA) is 60.4 Å². The first-order chi connectivity index (χ1) is 11.2. The Morgan fingerprint density at radius 1 is 1.08 bits per heavy atom. The molecule has 0 aliphatic carbocycles. The lowest BCUT2D eigenvalue weighted by atomic mass is 9.89. The van der Waals surface area contributed by atoms with E-state index in [4.69, 9.17) is 0 Å². The van der Waals surface area contributed by atoms with Crippen molar-refractivity contribution >= 4 is 5.97 Å². The zero-order valence-corrected chi connectivity index (χ0v) is 12.3. The average Bonchev–Trinajstić information content (AvgIpc) is 2.52. The van der Waals surface area contributed by atoms with Crippen LogP contribution in [0.5, 0.6) is 0 Å². The molecule has 0 aliphatic rings. The molecule has 2 rings (SSSR count). The number of rotatable bonds is 5. The van der Waals surface area contributed by atoms with Gasteiger partial charge >= 0.3 is 6.18 Å². The molecule has 0 radical (unpaired) electrons. The summed E-state index contributed by atoms with van der Waals surface area (Å²) in [5, 5.41) is 21.4. The van der Waals surface area contributed by atoms with E-state index in [-0.39, 0.29) is 17.5 Å². The number of aliphatic hydroxyl groups excluding tert-OH is 1. The number of carbonyl (C=O) groups is 1. The fourth-order valence-electron chi connectivity index (χ4n) is 2.34. The van der Waals surface area contributed by atoms with Gasteiger partial charge in [-0.1, -0.05) is 30.3 Å². The molecule has 2 unspecified atom stereocenters. The third-order valence-electron chi connectivity index (χ3n) is 3.64. The van der Waals surface area contributed by atoms with Crippen LogP contribution in [0.15, 0.2) is 48.5 Å². The Morgan fingerprint density at radius 2 is 1.67 bits per heavy atom. The molecule has 24 heavy (non-hydrogen) atoms. The van der Waals surface area contributed by atoms with Crippen LogP contribution < -0.4 is 5.11 Å². The van der Waals surface area contributed by atoms with Crippen molar-refractivity contribution in [3.8, 4) is 0 Å². The lowest BCUT2D eigenvalue weighted by Crippen LogP contribution is -2.36. The van der Waals surface area contributed by atoms with Gasteiger partial charge in [-0.15, -0.1) is 0 Å². The fraction of sp³-hybridized carbons (Fsp3) is 0.235. The van der Waals surface area contributed by atoms with E-state index in [0.29, 0.717) is 0 Å². The summed E-state index contributed by atoms with van der Waals surface area (Å²) < 4.78 is 51.2. The first kappa shape index (κ1) is 17.9. The number of carbonyl (C=O) groups excluding carboxylic acids is 1. The summed E-state index contributed by atoms with van der Waals surface area (Å²) in [5.41, 5.74) is -0.822. The highest BCUT2D eigenvalue weighted by atomic mass is 19.4. The minimum atomic E-state index is -4.50. The van der Waals surface area contributed by atoms with Gasteiger partial charge in [-0.05, 0) is 30.2 Å². The molecule has 0 saturated heterocycles. The third kappa shape index (κ3) is 4.11. The predicted octanol–water partition coefficient (Wildman–Crippen LogP) is 2.49. The smallest absolute Gasteiger partial charge is 0.416 e. The van der Waals surface area contributed by atoms with Crippen molar-refractivity contribution in [2.24, 2.45) is 5.92 Å². The summed E-state index contributed by atoms with van der Waals surface area (Å²) in [6, 6.07) is 9.00. The molecule has 0 amide bonds. The molecule has 0 saturated carbocycles. The van der Waals surface area contributed by atoms with Crippen LogP contribution in [0.1, 0.15) is 22.8 Å². The molecule has 1 N–H and O–H groups in total. The monoisotopic (exact) mass is 341 g/mol. The highest BCUT2D eigenvalue weighted by Crippen LogP contribution is 2.31. The van der Waals surface area contributed by atoms with E-state index >= 15 is 0 Å². The van der Waals surface area contributed by atoms with E-state index in [9.17, 15) is 32.6 Å². The summed E-state index contributed by atoms with van der Waals surface area (Å²) in [7, 11) is 0. The van der Waals surface area contributed by atoms with Crippen LogP contribution in [0.3, 0.4) is 0 Å². The number of aliphatic carboxylic acids is 1. The standard InChI is InChI=1S/C17H14F4O3/c18-14-4-2-1-3-12(14)15(22)13(16(23)24)9-10-5-7-11(8-6-10)17(19,20)21/h1-8,13,15,22H,9H2,(H,23,24)/p-1. The molecular weight excluding hydrogens is 328 g/mol. The van der Waals surface area contributed by atoms with Crippen LogP contribution in [0, 0.1) is 11.7 Å². The molecule has 0 heterocycles. The van der Waals surface area contributed by atoms with Gasteiger partial charge in [-0.2, -0.15) is 13.2 Å². The maximum atomic E-state index is 13.7. The molecule has 2 aromatic carbocycles. The number of benzene rings is 2. The van der Waals surface area contributed by atoms with Crippen LogP contribution in [0.25, 0.3) is 0 Å². The molecule has 0 spiro atoms. The van der Waals surface area contributed by atoms with Crippen molar-refractivity contribution in [3.63, 3.8) is 0 Å². The predicted molar refractivity (Wildman–Crippen MR) is 75.0 cm³/mol. The molecule has 3 nitrogen and oxygen atoms in total. The van der Waals surface area contributed by atoms with Crippen molar-refractivity contribution in [2.75, 3.05) is 0 Å². The van der Waals surface area contributed by atoms with E-state index in [2.05, 4.69) is 0 Å². The Hall–Kier alpha value is -2.41. The van der Waals surface area contributed by atoms with Crippen molar-refractivity contribution in [2.45, 2.75) is 18.7 Å². The molecule has 0 bridgehead atoms. The van der Waals surface area contributed by atoms with Gasteiger partial charge in [0, 0.05) is 17.5 Å². The summed E-state index contributed by atoms with van der Waals surface area (Å²) >= 11 is 0. The second-order valence-electron chi connectivity index (χ2n) is 5.29. The Kier molecular flexibility index (Phi) is 5.23. The average molecular weight is 341 g/mol. The maximum Gasteiger partial charge on any atom is 0.416 e. The number of hydrogen-bond acceptors (Lipinski definition) is 3. The number of hydrogen-bond donors (Lipinski definition) is 1. The third-order valence-corrected chi connectivity index (χ3v) is 3.64. The highest BCUT2D eigenvalue weighted by Gasteiger charge is 2.30. The van der Waals surface area contributed by atoms with E-state index in [0.717, 1.165) is 30.3 Å². The number of alkyl halides is 3. The van der Waals surface area contributed by atoms with Gasteiger partial charge < -0.3 is 15.0 Å². The maximum absolute atomic E-state index is 13.7. The summed E-state index contributed by atoms with van der Waals surface area (Å²) in [5.74, 6) is -3.90. The molecule has 0 aliphatic heterocycles. The van der Waals surface area contributed by atoms with Crippen LogP contribution >= 0.6 is 0 Å². The molecule has 2 aromatic rings. The van der Waals surface area contributed by atoms with Gasteiger partial charge in [-0.3, -0.25) is 0 Å². The van der Waals surface area contributed by atoms with Gasteiger partial charge in [0.2, 0.25) is 0 Å². The number of carboxylic acid groups (broad SMARTS) is 1. The summed E-state index contributed by atoms with van der Waals surface area (Å²) in [4.78, 5) is 11.3. The Labute approximate surface area is 135 Å². The van der Waals surface area contributed by atoms with Crippen molar-refractivity contribution in [1.29, 1.82) is 0 Å². The van der Waals surface area contributed by atoms with Gasteiger partial charge in [0.25, 0.3) is 0 Å². The van der Waals surface area contributed by atoms with Crippen LogP contribution in [-0.2, 0) is 17.4 Å². The molecule has 7 heteroatoms. The summed E-state index contributed by atoms with van der Waals surface area (Å²) in [6.07, 6.45) is -6.48. The molecule has 128 valence electrons. The lowest BCUT2D eigenvalue weighted by Gasteiger charge is -2.24. The van der Waals surface area contributed by atoms with Crippen molar-refractivity contribution < 1.29 is 32.6 Å². The molecule has 0 aromatic heterocycles. The van der Waals surface area contributed by atoms with E-state index in [1.807, 2.05) is 0 Å². The minimum Gasteiger partial charge on any atom is -0.550 e. The Balaban J connectivity index is 2.23. The number of halogens is 4. The highest BCUT2D eigenvalue weighted by molar-refractivity contribution is 5.69. The van der Waals surface area contributed by atoms with E-state index < -0.39 is 35.5 Å². The van der Waals surface area contributed by atoms with Crippen LogP contribution in [0.4, 0.5) is 17.6 Å². The van der Waals surface area contributed by atoms with Crippen molar-refractivity contribution in [1.82, 2.24) is 0 Å². The first-order valence-corrected chi connectivity index (χ1v) is 6.99. The first-order valence-electron chi connectivity index (χ1n) is 6.99. The number of carboxylic acids is 1. The number of aliphatic hydroxyl groups is 1. The zero-order chi connectivity index (χ0) is 17.9. The lowest BCUT2D eigenvalue weighted by molar-refractivity contribution is -0.314. The Bertz CT molecular complexity index is 711.